The summed E-state index contributed by atoms with van der Waals surface area (Å²) in [6, 6.07) is 2.21. The van der Waals surface area contributed by atoms with Crippen LogP contribution in [0, 0.1) is 68.0 Å². The van der Waals surface area contributed by atoms with Crippen LogP contribution in [-0.4, -0.2) is 31.8 Å². The second-order valence-electron chi connectivity index (χ2n) is 15.1. The van der Waals surface area contributed by atoms with E-state index in [1.807, 2.05) is 30.7 Å². The molecule has 208 valence electrons. The summed E-state index contributed by atoms with van der Waals surface area (Å²) in [5.74, 6) is 1.44. The van der Waals surface area contributed by atoms with Crippen LogP contribution in [0.5, 0.6) is 0 Å². The maximum atomic E-state index is 14.6. The van der Waals surface area contributed by atoms with Gasteiger partial charge in [0.25, 0.3) is 0 Å². The lowest BCUT2D eigenvalue weighted by Crippen LogP contribution is -2.66. The van der Waals surface area contributed by atoms with Gasteiger partial charge in [0.2, 0.25) is 0 Å². The van der Waals surface area contributed by atoms with Crippen molar-refractivity contribution in [2.75, 3.05) is 0 Å². The normalized spacial score (nSPS) is 46.6. The summed E-state index contributed by atoms with van der Waals surface area (Å²) >= 11 is 0. The highest BCUT2D eigenvalue weighted by molar-refractivity contribution is 6.04. The summed E-state index contributed by atoms with van der Waals surface area (Å²) in [7, 11) is 0. The van der Waals surface area contributed by atoms with Crippen molar-refractivity contribution in [1.29, 1.82) is 5.26 Å². The number of ketones is 2. The molecule has 0 aromatic carbocycles. The van der Waals surface area contributed by atoms with Crippen LogP contribution in [0.3, 0.4) is 0 Å². The predicted octanol–water partition coefficient (Wildman–Crippen LogP) is 5.75. The van der Waals surface area contributed by atoms with Gasteiger partial charge in [0.15, 0.2) is 11.6 Å². The molecule has 7 heteroatoms. The zero-order valence-electron chi connectivity index (χ0n) is 24.6. The van der Waals surface area contributed by atoms with Crippen LogP contribution in [0.2, 0.25) is 0 Å². The summed E-state index contributed by atoms with van der Waals surface area (Å²) in [4.78, 5) is 27.9. The third kappa shape index (κ3) is 3.24. The molecule has 0 unspecified atom stereocenters. The molecule has 5 aliphatic rings. The molecule has 3 saturated carbocycles. The first-order valence-electron chi connectivity index (χ1n) is 14.9. The number of Topliss-reactive ketones (excluding diaryl/α,β-unsaturated/α-hetero) is 1. The number of carbonyl (C=O) groups excluding carboxylic acids is 2. The first kappa shape index (κ1) is 26.6. The summed E-state index contributed by atoms with van der Waals surface area (Å²) in [6.07, 6.45) is 11.8. The summed E-state index contributed by atoms with van der Waals surface area (Å²) in [6.45, 7) is 16.5. The molecule has 5 aliphatic carbocycles. The molecule has 0 spiro atoms. The number of nitriles is 1. The Bertz CT molecular complexity index is 1340. The average molecular weight is 530 g/mol. The molecule has 0 saturated heterocycles. The van der Waals surface area contributed by atoms with Gasteiger partial charge in [-0.05, 0) is 94.9 Å². The molecule has 1 aromatic heterocycles. The van der Waals surface area contributed by atoms with Crippen LogP contribution in [0.15, 0.2) is 29.6 Å². The van der Waals surface area contributed by atoms with E-state index in [2.05, 4.69) is 56.2 Å². The molecule has 3 fully saturated rings. The Morgan fingerprint density at radius 2 is 1.79 bits per heavy atom. The fourth-order valence-electron chi connectivity index (χ4n) is 10.8. The molecule has 6 rings (SSSR count). The van der Waals surface area contributed by atoms with E-state index < -0.39 is 10.8 Å². The number of rotatable bonds is 2. The number of hydrogen-bond acceptors (Lipinski definition) is 6. The highest BCUT2D eigenvalue weighted by Crippen LogP contribution is 2.74. The minimum atomic E-state index is -0.640. The van der Waals surface area contributed by atoms with E-state index >= 15 is 0 Å². The van der Waals surface area contributed by atoms with Crippen LogP contribution in [-0.2, 0) is 16.1 Å². The monoisotopic (exact) mass is 529 g/mol. The molecule has 0 aliphatic heterocycles. The van der Waals surface area contributed by atoms with Crippen molar-refractivity contribution in [3.63, 3.8) is 0 Å². The highest BCUT2D eigenvalue weighted by Gasteiger charge is 2.70. The lowest BCUT2D eigenvalue weighted by atomic mass is 9.34. The third-order valence-corrected chi connectivity index (χ3v) is 13.3. The molecule has 0 radical (unpaired) electrons. The molecular formula is C32H43N5O2. The van der Waals surface area contributed by atoms with Gasteiger partial charge < -0.3 is 0 Å². The number of aromatic nitrogens is 4. The van der Waals surface area contributed by atoms with Crippen molar-refractivity contribution in [3.8, 4) is 6.07 Å². The fraction of sp³-hybridized carbons (Fsp3) is 0.750. The topological polar surface area (TPSA) is 102 Å². The van der Waals surface area contributed by atoms with E-state index in [-0.39, 0.29) is 51.1 Å². The van der Waals surface area contributed by atoms with Crippen LogP contribution < -0.4 is 0 Å². The number of tetrazole rings is 1. The molecule has 9 atom stereocenters. The zero-order chi connectivity index (χ0) is 28.2. The molecule has 1 heterocycles. The van der Waals surface area contributed by atoms with Gasteiger partial charge in [-0.25, -0.2) is 4.68 Å². The minimum absolute atomic E-state index is 0.00290. The molecule has 0 amide bonds. The molecule has 39 heavy (non-hydrogen) atoms. The molecular weight excluding hydrogens is 486 g/mol. The summed E-state index contributed by atoms with van der Waals surface area (Å²) in [5, 5.41) is 22.0. The van der Waals surface area contributed by atoms with Crippen LogP contribution in [0.25, 0.3) is 0 Å². The van der Waals surface area contributed by atoms with E-state index in [1.54, 1.807) is 6.33 Å². The van der Waals surface area contributed by atoms with Gasteiger partial charge in [-0.15, -0.1) is 5.10 Å². The van der Waals surface area contributed by atoms with Crippen molar-refractivity contribution < 1.29 is 9.59 Å². The molecule has 7 nitrogen and oxygen atoms in total. The summed E-state index contributed by atoms with van der Waals surface area (Å²) < 4.78 is 1.89. The maximum Gasteiger partial charge on any atom is 0.178 e. The lowest BCUT2D eigenvalue weighted by Gasteiger charge is -2.69. The van der Waals surface area contributed by atoms with Crippen molar-refractivity contribution >= 4 is 11.6 Å². The van der Waals surface area contributed by atoms with Gasteiger partial charge in [0, 0.05) is 16.7 Å². The van der Waals surface area contributed by atoms with E-state index in [4.69, 9.17) is 0 Å². The lowest BCUT2D eigenvalue weighted by molar-refractivity contribution is -0.180. The van der Waals surface area contributed by atoms with Crippen LogP contribution in [0.1, 0.15) is 87.0 Å². The Labute approximate surface area is 232 Å². The molecule has 1 aromatic rings. The molecule has 0 N–H and O–H groups in total. The van der Waals surface area contributed by atoms with Gasteiger partial charge in [-0.2, -0.15) is 5.26 Å². The third-order valence-electron chi connectivity index (χ3n) is 13.3. The van der Waals surface area contributed by atoms with Gasteiger partial charge in [0.05, 0.1) is 12.1 Å². The van der Waals surface area contributed by atoms with Crippen molar-refractivity contribution in [3.05, 3.63) is 29.6 Å². The first-order valence-corrected chi connectivity index (χ1v) is 14.9. The van der Waals surface area contributed by atoms with Gasteiger partial charge >= 0.3 is 0 Å². The largest absolute Gasteiger partial charge is 0.295 e. The zero-order valence-corrected chi connectivity index (χ0v) is 24.6. The van der Waals surface area contributed by atoms with Crippen molar-refractivity contribution in [2.24, 2.45) is 56.7 Å². The average Bonchev–Trinajstić information content (AvgIpc) is 3.39. The fourth-order valence-corrected chi connectivity index (χ4v) is 10.8. The number of carbonyl (C=O) groups is 2. The Hall–Kier alpha value is -2.62. The second-order valence-corrected chi connectivity index (χ2v) is 15.1. The van der Waals surface area contributed by atoms with E-state index in [9.17, 15) is 14.9 Å². The Morgan fingerprint density at radius 1 is 1.05 bits per heavy atom. The Balaban J connectivity index is 1.52. The SMILES string of the molecule is C[C@@H]1[C@H]2[C@H]3C(=O)C=C4[C@@]5(C)C=C(C#N)C(=O)C(C)(C)[C@@H]5CC[C@@]4(C)[C@]3(C)CC[C@@]2(Cn2cnnn2)CC[C@H]1C. The number of nitrogens with zero attached hydrogens (tertiary/aromatic N) is 5. The molecule has 0 bridgehead atoms. The van der Waals surface area contributed by atoms with Gasteiger partial charge in [-0.1, -0.05) is 60.1 Å². The minimum Gasteiger partial charge on any atom is -0.295 e. The van der Waals surface area contributed by atoms with Crippen LogP contribution in [0.4, 0.5) is 0 Å². The maximum absolute atomic E-state index is 14.6. The number of hydrogen-bond donors (Lipinski definition) is 0. The predicted molar refractivity (Wildman–Crippen MR) is 147 cm³/mol. The van der Waals surface area contributed by atoms with Gasteiger partial charge in [-0.3, -0.25) is 9.59 Å². The van der Waals surface area contributed by atoms with Gasteiger partial charge in [0.1, 0.15) is 12.4 Å². The Kier molecular flexibility index (Phi) is 5.60. The van der Waals surface area contributed by atoms with E-state index in [0.717, 1.165) is 44.2 Å². The van der Waals surface area contributed by atoms with E-state index in [1.165, 1.54) is 6.42 Å². The number of fused-ring (bicyclic) bond motifs is 7. The second kappa shape index (κ2) is 8.21. The number of allylic oxidation sites excluding steroid dienone is 4. The van der Waals surface area contributed by atoms with Crippen molar-refractivity contribution in [1.82, 2.24) is 20.2 Å². The summed E-state index contributed by atoms with van der Waals surface area (Å²) in [5.41, 5.74) is -0.114. The quantitative estimate of drug-likeness (QED) is 0.483. The standard InChI is InChI=1S/C32H43N5O2/c1-19-8-11-32(17-37-18-34-35-36-37)13-12-31(7)26(25(32)20(19)2)22(38)14-24-29(5)15-21(16-33)27(39)28(3,4)23(29)9-10-30(24,31)6/h14-15,18-20,23,25-26H,8-13,17H2,1-7H3/t19-,20+,23+,25+,26-,29+,30-,31-,32-/m1/s1. The smallest absolute Gasteiger partial charge is 0.178 e. The van der Waals surface area contributed by atoms with Crippen molar-refractivity contribution in [2.45, 2.75) is 93.5 Å². The van der Waals surface area contributed by atoms with E-state index in [0.29, 0.717) is 11.8 Å². The highest BCUT2D eigenvalue weighted by atomic mass is 16.1. The Morgan fingerprint density at radius 3 is 2.46 bits per heavy atom. The van der Waals surface area contributed by atoms with Crippen LogP contribution >= 0.6 is 0 Å². The first-order chi connectivity index (χ1) is 18.2.